The molecule has 1 aromatic carbocycles. The minimum atomic E-state index is -0.476. The Hall–Kier alpha value is -2.27. The zero-order chi connectivity index (χ0) is 13.5. The van der Waals surface area contributed by atoms with Gasteiger partial charge in [-0.25, -0.2) is 0 Å². The molecule has 0 saturated heterocycles. The van der Waals surface area contributed by atoms with Gasteiger partial charge in [-0.2, -0.15) is 4.74 Å². The van der Waals surface area contributed by atoms with Crippen molar-refractivity contribution in [2.45, 2.75) is 12.5 Å². The van der Waals surface area contributed by atoms with Gasteiger partial charge in [0.1, 0.15) is 11.1 Å². The van der Waals surface area contributed by atoms with Crippen LogP contribution in [0.5, 0.6) is 0 Å². The summed E-state index contributed by atoms with van der Waals surface area (Å²) in [5, 5.41) is 0. The maximum Gasteiger partial charge on any atom is 0.182 e. The first-order chi connectivity index (χ1) is 9.14. The van der Waals surface area contributed by atoms with Crippen molar-refractivity contribution < 1.29 is 4.52 Å². The van der Waals surface area contributed by atoms with Crippen LogP contribution >= 0.6 is 0 Å². The van der Waals surface area contributed by atoms with Crippen molar-refractivity contribution in [3.8, 4) is 0 Å². The Bertz CT molecular complexity index is 704. The fourth-order valence-corrected chi connectivity index (χ4v) is 2.14. The van der Waals surface area contributed by atoms with Gasteiger partial charge in [-0.1, -0.05) is 12.1 Å². The van der Waals surface area contributed by atoms with Gasteiger partial charge in [-0.15, -0.1) is 0 Å². The number of aliphatic imine (C=N–C) groups is 1. The highest BCUT2D eigenvalue weighted by Gasteiger charge is 2.28. The molecule has 3 rings (SSSR count). The maximum absolute atomic E-state index is 5.90. The van der Waals surface area contributed by atoms with Crippen molar-refractivity contribution in [2.75, 3.05) is 6.54 Å². The Morgan fingerprint density at radius 3 is 2.89 bits per heavy atom. The van der Waals surface area contributed by atoms with Gasteiger partial charge in [0.2, 0.25) is 0 Å². The number of fused-ring (bicyclic) bond motifs is 1. The third kappa shape index (κ3) is 1.79. The normalized spacial score (nSPS) is 23.3. The van der Waals surface area contributed by atoms with E-state index in [9.17, 15) is 0 Å². The summed E-state index contributed by atoms with van der Waals surface area (Å²) in [6.07, 6.45) is 5.60. The molecule has 1 aromatic heterocycles. The van der Waals surface area contributed by atoms with E-state index in [-0.39, 0.29) is 0 Å². The van der Waals surface area contributed by atoms with Gasteiger partial charge in [0.15, 0.2) is 5.58 Å². The van der Waals surface area contributed by atoms with E-state index >= 15 is 0 Å². The van der Waals surface area contributed by atoms with E-state index in [0.29, 0.717) is 17.9 Å². The summed E-state index contributed by atoms with van der Waals surface area (Å²) in [7, 11) is 0. The zero-order valence-electron chi connectivity index (χ0n) is 10.7. The molecule has 0 bridgehead atoms. The molecule has 1 aliphatic rings. The second-order valence-electron chi connectivity index (χ2n) is 4.78. The van der Waals surface area contributed by atoms with E-state index in [1.54, 1.807) is 0 Å². The van der Waals surface area contributed by atoms with E-state index in [2.05, 4.69) is 4.99 Å². The van der Waals surface area contributed by atoms with Crippen molar-refractivity contribution in [2.24, 2.45) is 16.5 Å². The van der Waals surface area contributed by atoms with Crippen LogP contribution in [-0.4, -0.2) is 17.5 Å². The summed E-state index contributed by atoms with van der Waals surface area (Å²) in [6.45, 7) is 2.33. The lowest BCUT2D eigenvalue weighted by Crippen LogP contribution is -2.31. The molecule has 0 spiro atoms. The van der Waals surface area contributed by atoms with E-state index in [1.807, 2.05) is 54.3 Å². The maximum atomic E-state index is 5.90. The van der Waals surface area contributed by atoms with Crippen LogP contribution in [-0.2, 0) is 5.54 Å². The van der Waals surface area contributed by atoms with Gasteiger partial charge in [-0.3, -0.25) is 4.99 Å². The predicted octanol–water partition coefficient (Wildman–Crippen LogP) is 1.72. The van der Waals surface area contributed by atoms with Crippen molar-refractivity contribution >= 4 is 17.3 Å². The Balaban J connectivity index is 2.05. The highest BCUT2D eigenvalue weighted by molar-refractivity contribution is 5.80. The average Bonchev–Trinajstić information content (AvgIpc) is 2.52. The quantitative estimate of drug-likeness (QED) is 0.858. The predicted molar refractivity (Wildman–Crippen MR) is 75.8 cm³/mol. The molecule has 1 aliphatic heterocycles. The molecule has 19 heavy (non-hydrogen) atoms. The summed E-state index contributed by atoms with van der Waals surface area (Å²) >= 11 is 0. The molecule has 0 aliphatic carbocycles. The second kappa shape index (κ2) is 4.13. The largest absolute Gasteiger partial charge is 0.397 e. The van der Waals surface area contributed by atoms with E-state index in [0.717, 1.165) is 11.1 Å². The van der Waals surface area contributed by atoms with Gasteiger partial charge < -0.3 is 16.0 Å². The van der Waals surface area contributed by atoms with Gasteiger partial charge in [0.25, 0.3) is 0 Å². The van der Waals surface area contributed by atoms with E-state index in [4.69, 9.17) is 16.0 Å². The van der Waals surface area contributed by atoms with Gasteiger partial charge in [0, 0.05) is 12.8 Å². The number of allylic oxidation sites excluding steroid dienone is 2. The Kier molecular flexibility index (Phi) is 2.57. The van der Waals surface area contributed by atoms with Crippen molar-refractivity contribution in [1.82, 2.24) is 4.74 Å². The van der Waals surface area contributed by atoms with Crippen molar-refractivity contribution in [1.29, 1.82) is 0 Å². The molecule has 2 heterocycles. The van der Waals surface area contributed by atoms with Crippen molar-refractivity contribution in [3.05, 3.63) is 47.8 Å². The van der Waals surface area contributed by atoms with Crippen LogP contribution in [0, 0.1) is 0 Å². The number of benzene rings is 1. The van der Waals surface area contributed by atoms with Crippen LogP contribution in [0.4, 0.5) is 0 Å². The molecular formula is C14H16N4O. The van der Waals surface area contributed by atoms with Crippen LogP contribution in [0.25, 0.3) is 11.1 Å². The van der Waals surface area contributed by atoms with E-state index in [1.165, 1.54) is 0 Å². The Morgan fingerprint density at radius 1 is 1.37 bits per heavy atom. The first-order valence-electron chi connectivity index (χ1n) is 6.14. The number of hydrogen-bond donors (Lipinski definition) is 2. The third-order valence-electron chi connectivity index (χ3n) is 3.32. The summed E-state index contributed by atoms with van der Waals surface area (Å²) in [5.74, 6) is 0. The molecular weight excluding hydrogens is 240 g/mol. The standard InChI is InChI=1S/C14H16N4O/c1-14(7-6-10(16)11(8-15)17-9-14)18-12-4-2-3-5-13(12)19-18/h2-7,9H,8,15-16H2,1H3. The lowest BCUT2D eigenvalue weighted by Gasteiger charge is -2.27. The summed E-state index contributed by atoms with van der Waals surface area (Å²) in [5.41, 5.74) is 14.2. The highest BCUT2D eigenvalue weighted by Crippen LogP contribution is 2.29. The molecule has 0 amide bonds. The van der Waals surface area contributed by atoms with Crippen LogP contribution in [0.15, 0.2) is 57.3 Å². The lowest BCUT2D eigenvalue weighted by molar-refractivity contribution is 0.222. The first kappa shape index (κ1) is 11.8. The van der Waals surface area contributed by atoms with Crippen LogP contribution in [0.1, 0.15) is 6.92 Å². The summed E-state index contributed by atoms with van der Waals surface area (Å²) in [4.78, 5) is 4.37. The average molecular weight is 256 g/mol. The number of hydrogen-bond acceptors (Lipinski definition) is 4. The number of nitrogens with two attached hydrogens (primary N) is 2. The molecule has 1 unspecified atom stereocenters. The summed E-state index contributed by atoms with van der Waals surface area (Å²) in [6, 6.07) is 7.87. The minimum absolute atomic E-state index is 0.320. The molecule has 0 radical (unpaired) electrons. The number of para-hydroxylation sites is 2. The zero-order valence-corrected chi connectivity index (χ0v) is 10.7. The fraction of sp³-hybridized carbons (Fsp3) is 0.214. The molecule has 5 heteroatoms. The SMILES string of the molecule is CC1(n2oc3ccccc32)C=CC(N)=C(CN)N=C1. The highest BCUT2D eigenvalue weighted by atomic mass is 16.5. The van der Waals surface area contributed by atoms with E-state index < -0.39 is 5.54 Å². The Morgan fingerprint density at radius 2 is 2.16 bits per heavy atom. The third-order valence-corrected chi connectivity index (χ3v) is 3.32. The molecule has 2 aromatic rings. The molecule has 0 fully saturated rings. The molecule has 5 nitrogen and oxygen atoms in total. The fourth-order valence-electron chi connectivity index (χ4n) is 2.14. The summed E-state index contributed by atoms with van der Waals surface area (Å²) < 4.78 is 7.50. The minimum Gasteiger partial charge on any atom is -0.397 e. The van der Waals surface area contributed by atoms with Gasteiger partial charge in [-0.05, 0) is 31.2 Å². The second-order valence-corrected chi connectivity index (χ2v) is 4.78. The number of nitrogens with zero attached hydrogens (tertiary/aromatic N) is 2. The first-order valence-corrected chi connectivity index (χ1v) is 6.14. The smallest absolute Gasteiger partial charge is 0.182 e. The van der Waals surface area contributed by atoms with Crippen LogP contribution < -0.4 is 11.5 Å². The van der Waals surface area contributed by atoms with Crippen LogP contribution in [0.3, 0.4) is 0 Å². The molecule has 98 valence electrons. The van der Waals surface area contributed by atoms with Gasteiger partial charge in [0.05, 0.1) is 11.4 Å². The topological polar surface area (TPSA) is 82.5 Å². The van der Waals surface area contributed by atoms with Crippen molar-refractivity contribution in [3.63, 3.8) is 0 Å². The van der Waals surface area contributed by atoms with Crippen LogP contribution in [0.2, 0.25) is 0 Å². The molecule has 0 saturated carbocycles. The number of rotatable bonds is 2. The monoisotopic (exact) mass is 256 g/mol. The Labute approximate surface area is 110 Å². The lowest BCUT2D eigenvalue weighted by atomic mass is 10.0. The molecule has 4 N–H and O–H groups in total. The van der Waals surface area contributed by atoms with Gasteiger partial charge >= 0.3 is 0 Å². The number of aromatic nitrogens is 1. The molecule has 1 atom stereocenters.